The quantitative estimate of drug-likeness (QED) is 0.0794. The van der Waals surface area contributed by atoms with E-state index >= 15 is 0 Å². The highest BCUT2D eigenvalue weighted by Gasteiger charge is 2.36. The Kier molecular flexibility index (Phi) is 12.9. The zero-order valence-electron chi connectivity index (χ0n) is 35.2. The minimum Gasteiger partial charge on any atom is -0.493 e. The molecule has 0 unspecified atom stereocenters. The number of carbonyl (C=O) groups excluding carboxylic acids is 3. The molecule has 0 saturated carbocycles. The van der Waals surface area contributed by atoms with Gasteiger partial charge in [-0.2, -0.15) is 0 Å². The lowest BCUT2D eigenvalue weighted by Crippen LogP contribution is -2.35. The number of aryl methyl sites for hydroxylation is 2. The molecule has 3 aromatic carbocycles. The maximum Gasteiger partial charge on any atom is 0.257 e. The molecule has 2 atom stereocenters. The number of aliphatic imine (C=N–C) groups is 1. The first-order valence-electron chi connectivity index (χ1n) is 20.4. The smallest absolute Gasteiger partial charge is 0.257 e. The molecule has 0 radical (unpaired) electrons. The van der Waals surface area contributed by atoms with Crippen molar-refractivity contribution < 1.29 is 28.6 Å². The summed E-state index contributed by atoms with van der Waals surface area (Å²) in [5.74, 6) is 2.88. The first-order chi connectivity index (χ1) is 28.2. The third-order valence-electron chi connectivity index (χ3n) is 11.4. The van der Waals surface area contributed by atoms with Crippen molar-refractivity contribution >= 4 is 56.8 Å². The zero-order chi connectivity index (χ0) is 42.0. The Morgan fingerprint density at radius 2 is 1.61 bits per heavy atom. The summed E-state index contributed by atoms with van der Waals surface area (Å²) in [4.78, 5) is 49.4. The van der Waals surface area contributed by atoms with E-state index in [-0.39, 0.29) is 41.0 Å². The van der Waals surface area contributed by atoms with Gasteiger partial charge in [-0.25, -0.2) is 0 Å². The van der Waals surface area contributed by atoms with Crippen molar-refractivity contribution in [1.82, 2.24) is 9.80 Å². The zero-order valence-corrected chi connectivity index (χ0v) is 36.9. The van der Waals surface area contributed by atoms with Crippen molar-refractivity contribution in [2.75, 3.05) is 44.4 Å². The van der Waals surface area contributed by atoms with Gasteiger partial charge in [-0.05, 0) is 118 Å². The van der Waals surface area contributed by atoms with Crippen molar-refractivity contribution in [3.8, 4) is 17.2 Å². The van der Waals surface area contributed by atoms with Crippen LogP contribution in [0.1, 0.15) is 95.8 Å². The van der Waals surface area contributed by atoms with Gasteiger partial charge < -0.3 is 33.7 Å². The van der Waals surface area contributed by atoms with E-state index in [0.717, 1.165) is 88.4 Å². The summed E-state index contributed by atoms with van der Waals surface area (Å²) in [6, 6.07) is 14.1. The lowest BCUT2D eigenvalue weighted by Gasteiger charge is -2.31. The predicted octanol–water partition coefficient (Wildman–Crippen LogP) is 9.33. The summed E-state index contributed by atoms with van der Waals surface area (Å²) < 4.78 is 18.7. The van der Waals surface area contributed by atoms with Gasteiger partial charge in [0.25, 0.3) is 11.8 Å². The summed E-state index contributed by atoms with van der Waals surface area (Å²) in [7, 11) is 7.34. The monoisotopic (exact) mass is 836 g/mol. The highest BCUT2D eigenvalue weighted by molar-refractivity contribution is 8.77. The van der Waals surface area contributed by atoms with Crippen LogP contribution in [0, 0.1) is 6.92 Å². The molecule has 0 aromatic heterocycles. The third kappa shape index (κ3) is 9.86. The molecular formula is C47H56N4O6S2. The van der Waals surface area contributed by atoms with Gasteiger partial charge in [0.15, 0.2) is 11.5 Å². The minimum absolute atomic E-state index is 0.0764. The molecule has 4 heterocycles. The Bertz CT molecular complexity index is 2200. The highest BCUT2D eigenvalue weighted by Crippen LogP contribution is 2.41. The second kappa shape index (κ2) is 17.9. The molecule has 4 aliphatic heterocycles. The lowest BCUT2D eigenvalue weighted by molar-refractivity contribution is -0.117. The van der Waals surface area contributed by atoms with Crippen LogP contribution in [0.5, 0.6) is 17.2 Å². The lowest BCUT2D eigenvalue weighted by atomic mass is 9.98. The Morgan fingerprint density at radius 1 is 0.915 bits per heavy atom. The van der Waals surface area contributed by atoms with Crippen LogP contribution in [0.15, 0.2) is 71.8 Å². The van der Waals surface area contributed by atoms with Crippen molar-refractivity contribution in [2.45, 2.75) is 96.3 Å². The molecule has 59 heavy (non-hydrogen) atoms. The minimum atomic E-state index is -0.109. The van der Waals surface area contributed by atoms with Crippen LogP contribution in [0.2, 0.25) is 0 Å². The number of amides is 2. The SMILES string of the molecule is C=C1C[C@H]2CCc3cc(OCc4cc(COc5cc6c(cc5OC)C(=O)N5CC(=C)C[C@H]5C=N6)cc(N(C)CC(C)(C)SSCCCC(C)=O)c4)c(C)cc3C(=O)N2C1. The maximum absolute atomic E-state index is 13.6. The first-order valence-corrected chi connectivity index (χ1v) is 22.7. The fourth-order valence-electron chi connectivity index (χ4n) is 8.47. The molecule has 0 N–H and O–H groups in total. The van der Waals surface area contributed by atoms with E-state index in [1.807, 2.05) is 50.6 Å². The van der Waals surface area contributed by atoms with Crippen LogP contribution in [0.4, 0.5) is 11.4 Å². The number of hydrogen-bond acceptors (Lipinski definition) is 10. The van der Waals surface area contributed by atoms with E-state index in [9.17, 15) is 14.4 Å². The average Bonchev–Trinajstić information content (AvgIpc) is 3.70. The Labute approximate surface area is 356 Å². The largest absolute Gasteiger partial charge is 0.493 e. The number of ketones is 1. The molecule has 2 fully saturated rings. The number of fused-ring (bicyclic) bond motifs is 4. The number of carbonyl (C=O) groups is 3. The van der Waals surface area contributed by atoms with Crippen molar-refractivity contribution in [3.63, 3.8) is 0 Å². The summed E-state index contributed by atoms with van der Waals surface area (Å²) in [5, 5.41) is 0. The van der Waals surface area contributed by atoms with Crippen molar-refractivity contribution in [3.05, 3.63) is 100 Å². The van der Waals surface area contributed by atoms with E-state index in [2.05, 4.69) is 63.2 Å². The van der Waals surface area contributed by atoms with Crippen LogP contribution in [0.3, 0.4) is 0 Å². The van der Waals surface area contributed by atoms with E-state index in [1.165, 1.54) is 0 Å². The third-order valence-corrected chi connectivity index (χ3v) is 14.7. The number of benzene rings is 3. The van der Waals surface area contributed by atoms with E-state index in [1.54, 1.807) is 26.2 Å². The molecule has 2 amide bonds. The number of nitrogens with zero attached hydrogens (tertiary/aromatic N) is 4. The Morgan fingerprint density at radius 3 is 2.34 bits per heavy atom. The molecule has 4 aliphatic rings. The van der Waals surface area contributed by atoms with Crippen LogP contribution < -0.4 is 19.1 Å². The summed E-state index contributed by atoms with van der Waals surface area (Å²) in [6.45, 7) is 18.9. The molecule has 7 rings (SSSR count). The van der Waals surface area contributed by atoms with Gasteiger partial charge in [-0.3, -0.25) is 14.6 Å². The average molecular weight is 837 g/mol. The van der Waals surface area contributed by atoms with Crippen LogP contribution >= 0.6 is 21.6 Å². The Hall–Kier alpha value is -4.68. The molecule has 312 valence electrons. The molecule has 0 aliphatic carbocycles. The molecule has 0 spiro atoms. The first kappa shape index (κ1) is 42.4. The highest BCUT2D eigenvalue weighted by atomic mass is 33.1. The van der Waals surface area contributed by atoms with E-state index in [0.29, 0.717) is 55.3 Å². The number of ether oxygens (including phenoxy) is 3. The van der Waals surface area contributed by atoms with Crippen LogP contribution in [-0.2, 0) is 24.4 Å². The van der Waals surface area contributed by atoms with Crippen molar-refractivity contribution in [2.24, 2.45) is 4.99 Å². The summed E-state index contributed by atoms with van der Waals surface area (Å²) in [5.41, 5.74) is 8.84. The topological polar surface area (TPSA) is 101 Å². The standard InChI is InChI=1S/C47H56N4O6S2/c1-29-14-36-12-11-35-20-42(31(3)16-39(35)45(53)50(36)24-29)56-26-33-17-34(19-37(18-33)49(7)28-47(5,6)59-58-13-9-10-32(4)52)27-57-44-22-41-40(21-43(44)55-8)46(54)51-25-30(2)15-38(51)23-48-41/h16-23,36,38H,1-2,9-15,24-28H2,3-8H3/t36-,38+/m1/s1. The molecule has 0 bridgehead atoms. The summed E-state index contributed by atoms with van der Waals surface area (Å²) >= 11 is 0. The second-order valence-electron chi connectivity index (χ2n) is 17.0. The van der Waals surface area contributed by atoms with Gasteiger partial charge in [0.1, 0.15) is 24.7 Å². The summed E-state index contributed by atoms with van der Waals surface area (Å²) in [6.07, 6.45) is 6.64. The molecular weight excluding hydrogens is 781 g/mol. The normalized spacial score (nSPS) is 18.5. The van der Waals surface area contributed by atoms with Gasteiger partial charge in [0.2, 0.25) is 0 Å². The number of anilines is 1. The van der Waals surface area contributed by atoms with Crippen LogP contribution in [-0.4, -0.2) is 90.0 Å². The van der Waals surface area contributed by atoms with Gasteiger partial charge in [0.05, 0.1) is 24.4 Å². The fourth-order valence-corrected chi connectivity index (χ4v) is 11.1. The predicted molar refractivity (Wildman–Crippen MR) is 240 cm³/mol. The van der Waals surface area contributed by atoms with Crippen molar-refractivity contribution in [1.29, 1.82) is 0 Å². The molecule has 3 aromatic rings. The molecule has 12 heteroatoms. The van der Waals surface area contributed by atoms with Gasteiger partial charge in [0, 0.05) is 73.2 Å². The second-order valence-corrected chi connectivity index (χ2v) is 20.1. The molecule has 10 nitrogen and oxygen atoms in total. The Balaban J connectivity index is 1.12. The number of Topliss-reactive ketones (excluding diaryl/α,β-unsaturated/α-hetero) is 1. The van der Waals surface area contributed by atoms with Gasteiger partial charge >= 0.3 is 0 Å². The van der Waals surface area contributed by atoms with Crippen LogP contribution in [0.25, 0.3) is 0 Å². The number of hydrogen-bond donors (Lipinski definition) is 0. The molecule has 2 saturated heterocycles. The maximum atomic E-state index is 13.6. The number of rotatable bonds is 16. The number of methoxy groups -OCH3 is 1. The van der Waals surface area contributed by atoms with E-state index in [4.69, 9.17) is 19.2 Å². The van der Waals surface area contributed by atoms with E-state index < -0.39 is 0 Å². The fraction of sp³-hybridized carbons (Fsp3) is 0.447. The van der Waals surface area contributed by atoms with Gasteiger partial charge in [-0.15, -0.1) is 0 Å². The van der Waals surface area contributed by atoms with Gasteiger partial charge in [-0.1, -0.05) is 45.9 Å².